The first-order valence-electron chi connectivity index (χ1n) is 7.76. The van der Waals surface area contributed by atoms with E-state index in [2.05, 4.69) is 20.0 Å². The number of rotatable bonds is 4. The molecule has 1 amide bonds. The van der Waals surface area contributed by atoms with Crippen LogP contribution in [0.15, 0.2) is 0 Å². The zero-order valence-electron chi connectivity index (χ0n) is 13.8. The average molecular weight is 335 g/mol. The SMILES string of the molecule is CCc1nnsc1C(=O)N[C@H]1CCO[C@@H]1c1c(C)nn(C)c1C. The van der Waals surface area contributed by atoms with Crippen molar-refractivity contribution in [2.75, 3.05) is 6.61 Å². The first-order chi connectivity index (χ1) is 11.0. The van der Waals surface area contributed by atoms with E-state index in [0.29, 0.717) is 17.9 Å². The summed E-state index contributed by atoms with van der Waals surface area (Å²) in [6.45, 7) is 6.60. The lowest BCUT2D eigenvalue weighted by Crippen LogP contribution is -2.37. The first-order valence-corrected chi connectivity index (χ1v) is 8.54. The molecule has 0 saturated carbocycles. The zero-order chi connectivity index (χ0) is 16.6. The second-order valence-corrected chi connectivity index (χ2v) is 6.52. The lowest BCUT2D eigenvalue weighted by atomic mass is 10.00. The van der Waals surface area contributed by atoms with Gasteiger partial charge in [-0.2, -0.15) is 5.10 Å². The van der Waals surface area contributed by atoms with Crippen LogP contribution in [0.3, 0.4) is 0 Å². The third-order valence-corrected chi connectivity index (χ3v) is 5.12. The molecule has 3 heterocycles. The highest BCUT2D eigenvalue weighted by Crippen LogP contribution is 2.33. The van der Waals surface area contributed by atoms with Crippen molar-refractivity contribution in [1.29, 1.82) is 0 Å². The largest absolute Gasteiger partial charge is 0.371 e. The summed E-state index contributed by atoms with van der Waals surface area (Å²) in [5.41, 5.74) is 3.84. The van der Waals surface area contributed by atoms with Crippen molar-refractivity contribution < 1.29 is 9.53 Å². The number of nitrogens with zero attached hydrogens (tertiary/aromatic N) is 4. The fraction of sp³-hybridized carbons (Fsp3) is 0.600. The van der Waals surface area contributed by atoms with E-state index < -0.39 is 0 Å². The minimum Gasteiger partial charge on any atom is -0.371 e. The minimum atomic E-state index is -0.154. The molecule has 2 atom stereocenters. The van der Waals surface area contributed by atoms with Gasteiger partial charge in [0, 0.05) is 24.9 Å². The average Bonchev–Trinajstić information content (AvgIpc) is 3.20. The molecule has 1 aliphatic rings. The van der Waals surface area contributed by atoms with E-state index in [1.807, 2.05) is 32.5 Å². The predicted molar refractivity (Wildman–Crippen MR) is 86.5 cm³/mol. The summed E-state index contributed by atoms with van der Waals surface area (Å²) < 4.78 is 11.6. The number of ether oxygens (including phenoxy) is 1. The molecule has 3 rings (SSSR count). The van der Waals surface area contributed by atoms with Crippen LogP contribution in [0.25, 0.3) is 0 Å². The van der Waals surface area contributed by atoms with Crippen LogP contribution in [-0.2, 0) is 18.2 Å². The van der Waals surface area contributed by atoms with Gasteiger partial charge in [0.15, 0.2) is 0 Å². The van der Waals surface area contributed by atoms with E-state index in [4.69, 9.17) is 4.74 Å². The van der Waals surface area contributed by atoms with Crippen LogP contribution in [0.5, 0.6) is 0 Å². The first kappa shape index (κ1) is 16.1. The van der Waals surface area contributed by atoms with Gasteiger partial charge in [-0.05, 0) is 38.2 Å². The summed E-state index contributed by atoms with van der Waals surface area (Å²) >= 11 is 1.14. The van der Waals surface area contributed by atoms with Crippen LogP contribution in [0.4, 0.5) is 0 Å². The van der Waals surface area contributed by atoms with Gasteiger partial charge in [0.1, 0.15) is 11.0 Å². The molecule has 8 heteroatoms. The molecular weight excluding hydrogens is 314 g/mol. The fourth-order valence-corrected chi connectivity index (χ4v) is 3.72. The molecule has 0 bridgehead atoms. The molecule has 1 N–H and O–H groups in total. The van der Waals surface area contributed by atoms with Gasteiger partial charge in [-0.3, -0.25) is 9.48 Å². The lowest BCUT2D eigenvalue weighted by molar-refractivity contribution is 0.0819. The van der Waals surface area contributed by atoms with Gasteiger partial charge < -0.3 is 10.1 Å². The van der Waals surface area contributed by atoms with Crippen molar-refractivity contribution in [1.82, 2.24) is 24.7 Å². The molecule has 0 aromatic carbocycles. The third-order valence-electron chi connectivity index (χ3n) is 4.35. The molecule has 1 fully saturated rings. The van der Waals surface area contributed by atoms with Gasteiger partial charge in [0.25, 0.3) is 5.91 Å². The molecule has 7 nitrogen and oxygen atoms in total. The van der Waals surface area contributed by atoms with Crippen molar-refractivity contribution in [3.63, 3.8) is 0 Å². The Balaban J connectivity index is 1.81. The topological polar surface area (TPSA) is 81.9 Å². The number of amides is 1. The van der Waals surface area contributed by atoms with Gasteiger partial charge in [-0.15, -0.1) is 5.10 Å². The molecule has 0 unspecified atom stereocenters. The van der Waals surface area contributed by atoms with Crippen LogP contribution in [0, 0.1) is 13.8 Å². The van der Waals surface area contributed by atoms with Gasteiger partial charge in [0.05, 0.1) is 17.4 Å². The normalized spacial score (nSPS) is 20.9. The van der Waals surface area contributed by atoms with Crippen molar-refractivity contribution >= 4 is 17.4 Å². The van der Waals surface area contributed by atoms with Gasteiger partial charge >= 0.3 is 0 Å². The monoisotopic (exact) mass is 335 g/mol. The Morgan fingerprint density at radius 1 is 1.48 bits per heavy atom. The van der Waals surface area contributed by atoms with E-state index in [1.165, 1.54) is 0 Å². The Hall–Kier alpha value is -1.80. The number of nitrogens with one attached hydrogen (secondary N) is 1. The van der Waals surface area contributed by atoms with E-state index in [0.717, 1.165) is 40.6 Å². The second-order valence-electron chi connectivity index (χ2n) is 5.77. The quantitative estimate of drug-likeness (QED) is 0.920. The summed E-state index contributed by atoms with van der Waals surface area (Å²) in [7, 11) is 1.92. The Bertz CT molecular complexity index is 724. The maximum atomic E-state index is 12.5. The predicted octanol–water partition coefficient (Wildman–Crippen LogP) is 1.71. The van der Waals surface area contributed by atoms with Gasteiger partial charge in [0.2, 0.25) is 0 Å². The molecule has 2 aromatic heterocycles. The van der Waals surface area contributed by atoms with E-state index in [-0.39, 0.29) is 18.1 Å². The molecule has 2 aromatic rings. The highest BCUT2D eigenvalue weighted by molar-refractivity contribution is 7.08. The molecule has 23 heavy (non-hydrogen) atoms. The maximum absolute atomic E-state index is 12.5. The van der Waals surface area contributed by atoms with Crippen LogP contribution < -0.4 is 5.32 Å². The summed E-state index contributed by atoms with van der Waals surface area (Å²) in [6.07, 6.45) is 1.33. The molecule has 0 spiro atoms. The molecule has 0 radical (unpaired) electrons. The zero-order valence-corrected chi connectivity index (χ0v) is 14.6. The van der Waals surface area contributed by atoms with Crippen molar-refractivity contribution in [2.45, 2.75) is 45.8 Å². The number of hydrogen-bond acceptors (Lipinski definition) is 6. The molecule has 1 aliphatic heterocycles. The number of aromatic nitrogens is 4. The summed E-state index contributed by atoms with van der Waals surface area (Å²) in [5.74, 6) is -0.114. The minimum absolute atomic E-state index is 0.0593. The number of hydrogen-bond donors (Lipinski definition) is 1. The second kappa shape index (κ2) is 6.37. The van der Waals surface area contributed by atoms with E-state index >= 15 is 0 Å². The maximum Gasteiger partial charge on any atom is 0.265 e. The molecule has 0 aliphatic carbocycles. The Morgan fingerprint density at radius 3 is 2.91 bits per heavy atom. The summed E-state index contributed by atoms with van der Waals surface area (Å²) in [5, 5.41) is 11.6. The van der Waals surface area contributed by atoms with E-state index in [1.54, 1.807) is 0 Å². The smallest absolute Gasteiger partial charge is 0.265 e. The van der Waals surface area contributed by atoms with Crippen LogP contribution in [0.1, 0.15) is 51.8 Å². The van der Waals surface area contributed by atoms with E-state index in [9.17, 15) is 4.79 Å². The van der Waals surface area contributed by atoms with Gasteiger partial charge in [-0.25, -0.2) is 0 Å². The Morgan fingerprint density at radius 2 is 2.26 bits per heavy atom. The summed E-state index contributed by atoms with van der Waals surface area (Å²) in [6, 6.07) is -0.0593. The fourth-order valence-electron chi connectivity index (χ4n) is 3.07. The Labute approximate surface area is 139 Å². The van der Waals surface area contributed by atoms with Crippen LogP contribution in [0.2, 0.25) is 0 Å². The summed E-state index contributed by atoms with van der Waals surface area (Å²) in [4.78, 5) is 13.1. The van der Waals surface area contributed by atoms with Crippen molar-refractivity contribution in [2.24, 2.45) is 7.05 Å². The standard InChI is InChI=1S/C15H21N5O2S/c1-5-10-14(23-19-17-10)15(21)16-11-6-7-22-13(11)12-8(2)18-20(4)9(12)3/h11,13H,5-7H2,1-4H3,(H,16,21)/t11-,13-/m0/s1. The highest BCUT2D eigenvalue weighted by Gasteiger charge is 2.35. The molecule has 1 saturated heterocycles. The third kappa shape index (κ3) is 2.88. The van der Waals surface area contributed by atoms with Crippen LogP contribution in [-0.4, -0.2) is 37.9 Å². The number of carbonyl (C=O) groups excluding carboxylic acids is 1. The van der Waals surface area contributed by atoms with Crippen molar-refractivity contribution in [3.8, 4) is 0 Å². The Kier molecular flexibility index (Phi) is 4.45. The molecular formula is C15H21N5O2S. The van der Waals surface area contributed by atoms with Gasteiger partial charge in [-0.1, -0.05) is 11.4 Å². The molecule has 124 valence electrons. The van der Waals surface area contributed by atoms with Crippen molar-refractivity contribution in [3.05, 3.63) is 27.5 Å². The number of carbonyl (C=O) groups is 1. The number of aryl methyl sites for hydroxylation is 3. The lowest BCUT2D eigenvalue weighted by Gasteiger charge is -2.20. The highest BCUT2D eigenvalue weighted by atomic mass is 32.1. The van der Waals surface area contributed by atoms with Crippen LogP contribution >= 0.6 is 11.5 Å².